The molecule has 174 valence electrons. The van der Waals surface area contributed by atoms with E-state index in [-0.39, 0.29) is 17.6 Å². The van der Waals surface area contributed by atoms with Crippen LogP contribution in [0.5, 0.6) is 5.75 Å². The third kappa shape index (κ3) is 5.88. The number of carbonyl (C=O) groups is 2. The molecular formula is C24H28FN5O3. The summed E-state index contributed by atoms with van der Waals surface area (Å²) in [5.74, 6) is 0.200. The molecule has 2 aromatic carbocycles. The Bertz CT molecular complexity index is 1140. The van der Waals surface area contributed by atoms with Crippen molar-refractivity contribution in [2.75, 3.05) is 31.3 Å². The van der Waals surface area contributed by atoms with E-state index in [1.54, 1.807) is 30.0 Å². The van der Waals surface area contributed by atoms with Crippen molar-refractivity contribution in [2.24, 2.45) is 0 Å². The van der Waals surface area contributed by atoms with Crippen molar-refractivity contribution in [1.29, 1.82) is 0 Å². The fourth-order valence-corrected chi connectivity index (χ4v) is 3.00. The standard InChI is InChI=1S/C24H28FN5O3/c1-24(2,3)20-14-21(30(28-20)16-10-12-17(33-5)13-11-16)27-22(31)15-29(4)23(32)26-19-9-7-6-8-18(19)25/h6-14H,15H2,1-5H3,(H,26,32)(H,27,31). The number of halogens is 1. The van der Waals surface area contributed by atoms with Crippen LogP contribution in [0.1, 0.15) is 26.5 Å². The van der Waals surface area contributed by atoms with Gasteiger partial charge in [0, 0.05) is 18.5 Å². The first-order chi connectivity index (χ1) is 15.6. The van der Waals surface area contributed by atoms with Crippen molar-refractivity contribution in [3.63, 3.8) is 0 Å². The smallest absolute Gasteiger partial charge is 0.322 e. The third-order valence-electron chi connectivity index (χ3n) is 4.91. The quantitative estimate of drug-likeness (QED) is 0.578. The van der Waals surface area contributed by atoms with Gasteiger partial charge in [-0.05, 0) is 36.4 Å². The van der Waals surface area contributed by atoms with Crippen LogP contribution >= 0.6 is 0 Å². The summed E-state index contributed by atoms with van der Waals surface area (Å²) >= 11 is 0. The van der Waals surface area contributed by atoms with E-state index in [4.69, 9.17) is 4.74 Å². The summed E-state index contributed by atoms with van der Waals surface area (Å²) in [6, 6.07) is 14.3. The van der Waals surface area contributed by atoms with E-state index in [2.05, 4.69) is 15.7 Å². The zero-order valence-electron chi connectivity index (χ0n) is 19.3. The molecule has 0 aliphatic rings. The van der Waals surface area contributed by atoms with Gasteiger partial charge < -0.3 is 20.3 Å². The normalized spacial score (nSPS) is 11.1. The van der Waals surface area contributed by atoms with E-state index in [9.17, 15) is 14.0 Å². The maximum atomic E-state index is 13.8. The number of hydrogen-bond donors (Lipinski definition) is 2. The highest BCUT2D eigenvalue weighted by Crippen LogP contribution is 2.27. The number of amides is 3. The van der Waals surface area contributed by atoms with Gasteiger partial charge in [-0.3, -0.25) is 4.79 Å². The predicted octanol–water partition coefficient (Wildman–Crippen LogP) is 4.42. The second kappa shape index (κ2) is 9.72. The average molecular weight is 454 g/mol. The number of carbonyl (C=O) groups excluding carboxylic acids is 2. The van der Waals surface area contributed by atoms with Crippen molar-refractivity contribution < 1.29 is 18.7 Å². The molecule has 0 aliphatic heterocycles. The van der Waals surface area contributed by atoms with Crippen LogP contribution in [0.4, 0.5) is 20.7 Å². The van der Waals surface area contributed by atoms with Gasteiger partial charge in [-0.2, -0.15) is 5.10 Å². The van der Waals surface area contributed by atoms with Gasteiger partial charge in [-0.15, -0.1) is 0 Å². The fourth-order valence-electron chi connectivity index (χ4n) is 3.00. The maximum absolute atomic E-state index is 13.8. The lowest BCUT2D eigenvalue weighted by atomic mass is 9.92. The summed E-state index contributed by atoms with van der Waals surface area (Å²) in [6.07, 6.45) is 0. The van der Waals surface area contributed by atoms with E-state index in [1.807, 2.05) is 39.0 Å². The van der Waals surface area contributed by atoms with Crippen LogP contribution in [-0.4, -0.2) is 47.3 Å². The molecule has 0 saturated heterocycles. The van der Waals surface area contributed by atoms with Gasteiger partial charge in [-0.1, -0.05) is 32.9 Å². The minimum atomic E-state index is -0.603. The number of likely N-dealkylation sites (N-methyl/N-ethyl adjacent to an activating group) is 1. The first-order valence-corrected chi connectivity index (χ1v) is 10.4. The van der Waals surface area contributed by atoms with Gasteiger partial charge >= 0.3 is 6.03 Å². The van der Waals surface area contributed by atoms with Crippen molar-refractivity contribution in [3.05, 3.63) is 66.1 Å². The Hall–Kier alpha value is -3.88. The zero-order chi connectivity index (χ0) is 24.2. The molecule has 9 heteroatoms. The molecule has 0 radical (unpaired) electrons. The predicted molar refractivity (Wildman–Crippen MR) is 125 cm³/mol. The van der Waals surface area contributed by atoms with Gasteiger partial charge in [-0.25, -0.2) is 13.9 Å². The molecule has 3 rings (SSSR count). The number of nitrogens with one attached hydrogen (secondary N) is 2. The Balaban J connectivity index is 1.75. The highest BCUT2D eigenvalue weighted by molar-refractivity contribution is 5.96. The lowest BCUT2D eigenvalue weighted by Gasteiger charge is -2.18. The Kier molecular flexibility index (Phi) is 7.01. The van der Waals surface area contributed by atoms with Gasteiger partial charge in [0.15, 0.2) is 0 Å². The molecule has 0 fully saturated rings. The minimum Gasteiger partial charge on any atom is -0.497 e. The number of benzene rings is 2. The summed E-state index contributed by atoms with van der Waals surface area (Å²) in [5, 5.41) is 9.95. The fraction of sp³-hybridized carbons (Fsp3) is 0.292. The number of aromatic nitrogens is 2. The van der Waals surface area contributed by atoms with Crippen molar-refractivity contribution in [2.45, 2.75) is 26.2 Å². The summed E-state index contributed by atoms with van der Waals surface area (Å²) in [5.41, 5.74) is 1.34. The first kappa shape index (κ1) is 23.8. The average Bonchev–Trinajstić information content (AvgIpc) is 3.19. The van der Waals surface area contributed by atoms with E-state index in [1.165, 1.54) is 30.1 Å². The summed E-state index contributed by atoms with van der Waals surface area (Å²) in [6.45, 7) is 5.85. The number of urea groups is 1. The molecule has 3 amide bonds. The molecule has 1 heterocycles. The number of anilines is 2. The second-order valence-corrected chi connectivity index (χ2v) is 8.59. The van der Waals surface area contributed by atoms with Gasteiger partial charge in [0.2, 0.25) is 5.91 Å². The van der Waals surface area contributed by atoms with Crippen molar-refractivity contribution in [1.82, 2.24) is 14.7 Å². The van der Waals surface area contributed by atoms with E-state index in [0.717, 1.165) is 11.4 Å². The number of rotatable bonds is 6. The van der Waals surface area contributed by atoms with Crippen LogP contribution in [0.25, 0.3) is 5.69 Å². The maximum Gasteiger partial charge on any atom is 0.322 e. The monoisotopic (exact) mass is 453 g/mol. The van der Waals surface area contributed by atoms with Crippen molar-refractivity contribution in [3.8, 4) is 11.4 Å². The van der Waals surface area contributed by atoms with Gasteiger partial charge in [0.25, 0.3) is 0 Å². The minimum absolute atomic E-state index is 0.0437. The van der Waals surface area contributed by atoms with Crippen LogP contribution in [0.3, 0.4) is 0 Å². The summed E-state index contributed by atoms with van der Waals surface area (Å²) in [7, 11) is 3.04. The second-order valence-electron chi connectivity index (χ2n) is 8.59. The van der Waals surface area contributed by atoms with E-state index >= 15 is 0 Å². The number of nitrogens with zero attached hydrogens (tertiary/aromatic N) is 3. The first-order valence-electron chi connectivity index (χ1n) is 10.4. The van der Waals surface area contributed by atoms with E-state index < -0.39 is 17.8 Å². The molecule has 3 aromatic rings. The van der Waals surface area contributed by atoms with Gasteiger partial charge in [0.1, 0.15) is 23.9 Å². The molecule has 0 spiro atoms. The van der Waals surface area contributed by atoms with E-state index in [0.29, 0.717) is 11.6 Å². The summed E-state index contributed by atoms with van der Waals surface area (Å²) < 4.78 is 20.6. The van der Waals surface area contributed by atoms with Crippen LogP contribution in [0, 0.1) is 5.82 Å². The topological polar surface area (TPSA) is 88.5 Å². The van der Waals surface area contributed by atoms with Crippen LogP contribution in [-0.2, 0) is 10.2 Å². The molecule has 0 saturated carbocycles. The van der Waals surface area contributed by atoms with Gasteiger partial charge in [0.05, 0.1) is 24.2 Å². The lowest BCUT2D eigenvalue weighted by molar-refractivity contribution is -0.116. The number of ether oxygens (including phenoxy) is 1. The molecule has 1 aromatic heterocycles. The highest BCUT2D eigenvalue weighted by atomic mass is 19.1. The van der Waals surface area contributed by atoms with Crippen LogP contribution < -0.4 is 15.4 Å². The number of para-hydroxylation sites is 1. The molecule has 33 heavy (non-hydrogen) atoms. The number of hydrogen-bond acceptors (Lipinski definition) is 4. The molecular weight excluding hydrogens is 425 g/mol. The van der Waals surface area contributed by atoms with Crippen LogP contribution in [0.2, 0.25) is 0 Å². The van der Waals surface area contributed by atoms with Crippen molar-refractivity contribution >= 4 is 23.4 Å². The SMILES string of the molecule is COc1ccc(-n2nc(C(C)(C)C)cc2NC(=O)CN(C)C(=O)Nc2ccccc2F)cc1. The molecule has 0 atom stereocenters. The Morgan fingerprint density at radius 2 is 1.76 bits per heavy atom. The Morgan fingerprint density at radius 3 is 2.36 bits per heavy atom. The molecule has 2 N–H and O–H groups in total. The Labute approximate surface area is 192 Å². The molecule has 0 bridgehead atoms. The zero-order valence-corrected chi connectivity index (χ0v) is 19.3. The third-order valence-corrected chi connectivity index (χ3v) is 4.91. The Morgan fingerprint density at radius 1 is 1.09 bits per heavy atom. The molecule has 0 unspecified atom stereocenters. The molecule has 8 nitrogen and oxygen atoms in total. The summed E-state index contributed by atoms with van der Waals surface area (Å²) in [4.78, 5) is 26.3. The molecule has 0 aliphatic carbocycles. The largest absolute Gasteiger partial charge is 0.497 e. The number of methoxy groups -OCH3 is 1. The highest BCUT2D eigenvalue weighted by Gasteiger charge is 2.22. The lowest BCUT2D eigenvalue weighted by Crippen LogP contribution is -2.38. The van der Waals surface area contributed by atoms with Crippen LogP contribution in [0.15, 0.2) is 54.6 Å².